The van der Waals surface area contributed by atoms with E-state index in [0.717, 1.165) is 17.3 Å². The average molecular weight is 467 g/mol. The highest BCUT2D eigenvalue weighted by atomic mass is 79.9. The van der Waals surface area contributed by atoms with Crippen molar-refractivity contribution in [2.75, 3.05) is 24.4 Å². The van der Waals surface area contributed by atoms with Gasteiger partial charge >= 0.3 is 5.97 Å². The third kappa shape index (κ3) is 5.11. The first kappa shape index (κ1) is 20.3. The first-order chi connectivity index (χ1) is 13.3. The van der Waals surface area contributed by atoms with Crippen molar-refractivity contribution in [3.05, 3.63) is 58.6 Å². The van der Waals surface area contributed by atoms with Crippen LogP contribution in [-0.4, -0.2) is 44.9 Å². The molecule has 2 aromatic rings. The van der Waals surface area contributed by atoms with Gasteiger partial charge in [0.15, 0.2) is 6.61 Å². The van der Waals surface area contributed by atoms with E-state index in [4.69, 9.17) is 4.74 Å². The van der Waals surface area contributed by atoms with E-state index in [9.17, 15) is 18.0 Å². The number of amides is 1. The Morgan fingerprint density at radius 3 is 2.21 bits per heavy atom. The van der Waals surface area contributed by atoms with E-state index in [1.165, 1.54) is 36.4 Å². The predicted molar refractivity (Wildman–Crippen MR) is 107 cm³/mol. The molecule has 28 heavy (non-hydrogen) atoms. The summed E-state index contributed by atoms with van der Waals surface area (Å²) in [4.78, 5) is 25.8. The number of halogens is 1. The van der Waals surface area contributed by atoms with E-state index in [1.807, 2.05) is 0 Å². The number of sulfonamides is 1. The summed E-state index contributed by atoms with van der Waals surface area (Å²) < 4.78 is 33.0. The molecule has 1 heterocycles. The van der Waals surface area contributed by atoms with Gasteiger partial charge in [0.25, 0.3) is 15.9 Å². The monoisotopic (exact) mass is 466 g/mol. The number of esters is 1. The van der Waals surface area contributed by atoms with Crippen LogP contribution < -0.4 is 4.72 Å². The van der Waals surface area contributed by atoms with Crippen molar-refractivity contribution in [2.24, 2.45) is 0 Å². The normalized spacial score (nSPS) is 14.0. The van der Waals surface area contributed by atoms with Crippen molar-refractivity contribution in [3.63, 3.8) is 0 Å². The van der Waals surface area contributed by atoms with E-state index in [2.05, 4.69) is 20.7 Å². The zero-order valence-corrected chi connectivity index (χ0v) is 17.3. The summed E-state index contributed by atoms with van der Waals surface area (Å²) in [5, 5.41) is 0. The smallest absolute Gasteiger partial charge is 0.338 e. The maximum absolute atomic E-state index is 12.4. The molecule has 148 valence electrons. The Labute approximate surface area is 171 Å². The molecular weight excluding hydrogens is 448 g/mol. The van der Waals surface area contributed by atoms with Crippen LogP contribution >= 0.6 is 15.9 Å². The summed E-state index contributed by atoms with van der Waals surface area (Å²) in [7, 11) is -3.73. The molecule has 0 atom stereocenters. The molecule has 1 N–H and O–H groups in total. The van der Waals surface area contributed by atoms with E-state index in [1.54, 1.807) is 17.0 Å². The SMILES string of the molecule is O=C(OCC(=O)N1CCCC1)c1ccc(NS(=O)(=O)c2ccc(Br)cc2)cc1. The van der Waals surface area contributed by atoms with Gasteiger partial charge < -0.3 is 9.64 Å². The Bertz CT molecular complexity index is 953. The Morgan fingerprint density at radius 2 is 1.61 bits per heavy atom. The van der Waals surface area contributed by atoms with Crippen LogP contribution in [-0.2, 0) is 19.6 Å². The third-order valence-corrected chi connectivity index (χ3v) is 6.21. The van der Waals surface area contributed by atoms with Crippen LogP contribution in [0.2, 0.25) is 0 Å². The van der Waals surface area contributed by atoms with E-state index >= 15 is 0 Å². The van der Waals surface area contributed by atoms with Crippen LogP contribution in [0.15, 0.2) is 57.9 Å². The van der Waals surface area contributed by atoms with Gasteiger partial charge in [-0.3, -0.25) is 9.52 Å². The van der Waals surface area contributed by atoms with Gasteiger partial charge in [0, 0.05) is 23.2 Å². The first-order valence-corrected chi connectivity index (χ1v) is 11.0. The van der Waals surface area contributed by atoms with E-state index in [-0.39, 0.29) is 23.0 Å². The second kappa shape index (κ2) is 8.74. The van der Waals surface area contributed by atoms with Gasteiger partial charge in [-0.25, -0.2) is 13.2 Å². The van der Waals surface area contributed by atoms with Gasteiger partial charge in [-0.1, -0.05) is 15.9 Å². The molecule has 2 aromatic carbocycles. The number of nitrogens with zero attached hydrogens (tertiary/aromatic N) is 1. The number of ether oxygens (including phenoxy) is 1. The summed E-state index contributed by atoms with van der Waals surface area (Å²) in [5.74, 6) is -0.834. The predicted octanol–water partition coefficient (Wildman–Crippen LogP) is 3.03. The molecular formula is C19H19BrN2O5S. The molecule has 9 heteroatoms. The molecule has 0 spiro atoms. The molecule has 0 unspecified atom stereocenters. The second-order valence-electron chi connectivity index (χ2n) is 6.30. The maximum Gasteiger partial charge on any atom is 0.338 e. The van der Waals surface area contributed by atoms with Gasteiger partial charge in [-0.15, -0.1) is 0 Å². The molecule has 1 aliphatic rings. The molecule has 0 aromatic heterocycles. The quantitative estimate of drug-likeness (QED) is 0.660. The molecule has 1 amide bonds. The lowest BCUT2D eigenvalue weighted by Crippen LogP contribution is -2.32. The number of carbonyl (C=O) groups excluding carboxylic acids is 2. The number of carbonyl (C=O) groups is 2. The fourth-order valence-electron chi connectivity index (χ4n) is 2.77. The largest absolute Gasteiger partial charge is 0.452 e. The molecule has 0 radical (unpaired) electrons. The Morgan fingerprint density at radius 1 is 1.00 bits per heavy atom. The first-order valence-electron chi connectivity index (χ1n) is 8.68. The second-order valence-corrected chi connectivity index (χ2v) is 8.90. The number of likely N-dealkylation sites (tertiary alicyclic amines) is 1. The fraction of sp³-hybridized carbons (Fsp3) is 0.263. The number of anilines is 1. The van der Waals surface area contributed by atoms with Crippen molar-refractivity contribution < 1.29 is 22.7 Å². The summed E-state index contributed by atoms with van der Waals surface area (Å²) in [5.41, 5.74) is 0.549. The Balaban J connectivity index is 1.58. The van der Waals surface area contributed by atoms with Gasteiger partial charge in [-0.2, -0.15) is 0 Å². The molecule has 0 saturated carbocycles. The average Bonchev–Trinajstić information content (AvgIpc) is 3.21. The van der Waals surface area contributed by atoms with Crippen LogP contribution in [0.5, 0.6) is 0 Å². The van der Waals surface area contributed by atoms with Crippen LogP contribution in [0.4, 0.5) is 5.69 Å². The maximum atomic E-state index is 12.4. The summed E-state index contributed by atoms with van der Waals surface area (Å²) >= 11 is 3.26. The van der Waals surface area contributed by atoms with Gasteiger partial charge in [0.05, 0.1) is 10.5 Å². The minimum Gasteiger partial charge on any atom is -0.452 e. The minimum absolute atomic E-state index is 0.125. The van der Waals surface area contributed by atoms with Crippen molar-refractivity contribution >= 4 is 43.5 Å². The number of hydrogen-bond acceptors (Lipinski definition) is 5. The number of nitrogens with one attached hydrogen (secondary N) is 1. The van der Waals surface area contributed by atoms with Crippen LogP contribution in [0, 0.1) is 0 Å². The van der Waals surface area contributed by atoms with Crippen molar-refractivity contribution in [2.45, 2.75) is 17.7 Å². The van der Waals surface area contributed by atoms with Crippen molar-refractivity contribution in [1.29, 1.82) is 0 Å². The lowest BCUT2D eigenvalue weighted by molar-refractivity contribution is -0.133. The van der Waals surface area contributed by atoms with Gasteiger partial charge in [-0.05, 0) is 61.4 Å². The highest BCUT2D eigenvalue weighted by molar-refractivity contribution is 9.10. The standard InChI is InChI=1S/C19H19BrN2O5S/c20-15-5-9-17(10-6-15)28(25,26)21-16-7-3-14(4-8-16)19(24)27-13-18(23)22-11-1-2-12-22/h3-10,21H,1-2,11-13H2. The zero-order valence-electron chi connectivity index (χ0n) is 14.9. The van der Waals surface area contributed by atoms with Crippen LogP contribution in [0.25, 0.3) is 0 Å². The molecule has 1 saturated heterocycles. The van der Waals surface area contributed by atoms with Gasteiger partial charge in [0.1, 0.15) is 0 Å². The fourth-order valence-corrected chi connectivity index (χ4v) is 4.09. The van der Waals surface area contributed by atoms with Gasteiger partial charge in [0.2, 0.25) is 0 Å². The van der Waals surface area contributed by atoms with E-state index < -0.39 is 16.0 Å². The summed E-state index contributed by atoms with van der Waals surface area (Å²) in [6, 6.07) is 12.1. The molecule has 0 bridgehead atoms. The topological polar surface area (TPSA) is 92.8 Å². The van der Waals surface area contributed by atoms with Crippen LogP contribution in [0.1, 0.15) is 23.2 Å². The zero-order chi connectivity index (χ0) is 20.1. The molecule has 3 rings (SSSR count). The van der Waals surface area contributed by atoms with Crippen molar-refractivity contribution in [1.82, 2.24) is 4.90 Å². The Hall–Kier alpha value is -2.39. The minimum atomic E-state index is -3.73. The lowest BCUT2D eigenvalue weighted by Gasteiger charge is -2.15. The lowest BCUT2D eigenvalue weighted by atomic mass is 10.2. The number of benzene rings is 2. The third-order valence-electron chi connectivity index (χ3n) is 4.28. The van der Waals surface area contributed by atoms with Crippen LogP contribution in [0.3, 0.4) is 0 Å². The number of rotatable bonds is 6. The van der Waals surface area contributed by atoms with Crippen molar-refractivity contribution in [3.8, 4) is 0 Å². The Kier molecular flexibility index (Phi) is 6.35. The van der Waals surface area contributed by atoms with E-state index in [0.29, 0.717) is 18.8 Å². The summed E-state index contributed by atoms with van der Waals surface area (Å²) in [6.45, 7) is 1.10. The molecule has 0 aliphatic carbocycles. The summed E-state index contributed by atoms with van der Waals surface area (Å²) in [6.07, 6.45) is 1.94. The highest BCUT2D eigenvalue weighted by Crippen LogP contribution is 2.19. The molecule has 7 nitrogen and oxygen atoms in total. The number of hydrogen-bond donors (Lipinski definition) is 1. The highest BCUT2D eigenvalue weighted by Gasteiger charge is 2.20. The molecule has 1 aliphatic heterocycles. The molecule has 1 fully saturated rings.